The SMILES string of the molecule is O=C(C=CSc1nc2ccccc2s1)NC1CN2CCC1CC2. The molecule has 4 nitrogen and oxygen atoms in total. The average molecular weight is 345 g/mol. The quantitative estimate of drug-likeness (QED) is 0.683. The van der Waals surface area contributed by atoms with E-state index in [1.807, 2.05) is 23.6 Å². The van der Waals surface area contributed by atoms with Crippen LogP contribution in [0.15, 0.2) is 40.1 Å². The third kappa shape index (κ3) is 3.44. The first-order chi connectivity index (χ1) is 11.3. The van der Waals surface area contributed by atoms with E-state index in [4.69, 9.17) is 0 Å². The van der Waals surface area contributed by atoms with Crippen molar-refractivity contribution >= 4 is 39.2 Å². The molecule has 1 N–H and O–H groups in total. The molecule has 5 rings (SSSR count). The van der Waals surface area contributed by atoms with Crippen LogP contribution in [0.4, 0.5) is 0 Å². The number of fused-ring (bicyclic) bond motifs is 4. The number of carbonyl (C=O) groups is 1. The van der Waals surface area contributed by atoms with E-state index >= 15 is 0 Å². The van der Waals surface area contributed by atoms with E-state index in [0.29, 0.717) is 12.0 Å². The number of hydrogen-bond acceptors (Lipinski definition) is 5. The highest BCUT2D eigenvalue weighted by Gasteiger charge is 2.34. The van der Waals surface area contributed by atoms with Gasteiger partial charge in [-0.15, -0.1) is 11.3 Å². The van der Waals surface area contributed by atoms with Crippen molar-refractivity contribution in [3.8, 4) is 0 Å². The monoisotopic (exact) mass is 345 g/mol. The molecule has 23 heavy (non-hydrogen) atoms. The molecular weight excluding hydrogens is 326 g/mol. The fourth-order valence-corrected chi connectivity index (χ4v) is 5.20. The number of para-hydroxylation sites is 1. The third-order valence-electron chi connectivity index (χ3n) is 4.65. The Balaban J connectivity index is 1.32. The Morgan fingerprint density at radius 1 is 1.35 bits per heavy atom. The van der Waals surface area contributed by atoms with Gasteiger partial charge in [0.25, 0.3) is 0 Å². The van der Waals surface area contributed by atoms with E-state index in [1.165, 1.54) is 42.4 Å². The second-order valence-corrected chi connectivity index (χ2v) is 8.30. The highest BCUT2D eigenvalue weighted by Crippen LogP contribution is 2.30. The number of carbonyl (C=O) groups excluding carboxylic acids is 1. The molecule has 3 saturated heterocycles. The number of thiazole rings is 1. The molecule has 2 bridgehead atoms. The fraction of sp³-hybridized carbons (Fsp3) is 0.412. The third-order valence-corrected chi connectivity index (χ3v) is 6.58. The lowest BCUT2D eigenvalue weighted by molar-refractivity contribution is -0.118. The lowest BCUT2D eigenvalue weighted by Crippen LogP contribution is -2.57. The molecule has 1 unspecified atom stereocenters. The van der Waals surface area contributed by atoms with E-state index in [0.717, 1.165) is 16.4 Å². The van der Waals surface area contributed by atoms with Crippen molar-refractivity contribution in [1.29, 1.82) is 0 Å². The molecule has 0 saturated carbocycles. The molecule has 3 aliphatic heterocycles. The molecule has 1 amide bonds. The van der Waals surface area contributed by atoms with Crippen LogP contribution >= 0.6 is 23.1 Å². The number of thioether (sulfide) groups is 1. The van der Waals surface area contributed by atoms with Crippen LogP contribution in [-0.2, 0) is 4.79 Å². The highest BCUT2D eigenvalue weighted by atomic mass is 32.2. The molecule has 0 spiro atoms. The number of benzene rings is 1. The summed E-state index contributed by atoms with van der Waals surface area (Å²) in [5.74, 6) is 0.673. The molecule has 120 valence electrons. The summed E-state index contributed by atoms with van der Waals surface area (Å²) in [5.41, 5.74) is 1.02. The molecule has 4 heterocycles. The van der Waals surface area contributed by atoms with Gasteiger partial charge in [-0.25, -0.2) is 4.98 Å². The van der Waals surface area contributed by atoms with Crippen molar-refractivity contribution in [2.24, 2.45) is 5.92 Å². The van der Waals surface area contributed by atoms with Crippen LogP contribution in [0.2, 0.25) is 0 Å². The molecule has 2 aromatic rings. The topological polar surface area (TPSA) is 45.2 Å². The van der Waals surface area contributed by atoms with Gasteiger partial charge in [0.15, 0.2) is 4.34 Å². The first kappa shape index (κ1) is 15.2. The van der Waals surface area contributed by atoms with Crippen molar-refractivity contribution in [1.82, 2.24) is 15.2 Å². The second kappa shape index (κ2) is 6.63. The summed E-state index contributed by atoms with van der Waals surface area (Å²) in [6.07, 6.45) is 4.07. The molecule has 6 heteroatoms. The summed E-state index contributed by atoms with van der Waals surface area (Å²) in [6.45, 7) is 3.40. The Hall–Kier alpha value is -1.37. The van der Waals surface area contributed by atoms with Crippen LogP contribution in [0.5, 0.6) is 0 Å². The van der Waals surface area contributed by atoms with Gasteiger partial charge in [0, 0.05) is 18.7 Å². The zero-order valence-electron chi connectivity index (χ0n) is 12.8. The summed E-state index contributed by atoms with van der Waals surface area (Å²) in [6, 6.07) is 8.42. The van der Waals surface area contributed by atoms with Gasteiger partial charge in [0.05, 0.1) is 10.2 Å². The predicted octanol–water partition coefficient (Wildman–Crippen LogP) is 3.11. The minimum atomic E-state index is 0.0114. The highest BCUT2D eigenvalue weighted by molar-refractivity contribution is 8.03. The van der Waals surface area contributed by atoms with Crippen LogP contribution in [0, 0.1) is 5.92 Å². The van der Waals surface area contributed by atoms with Crippen molar-refractivity contribution in [2.45, 2.75) is 23.2 Å². The van der Waals surface area contributed by atoms with Crippen LogP contribution in [0.25, 0.3) is 10.2 Å². The maximum atomic E-state index is 12.1. The van der Waals surface area contributed by atoms with E-state index < -0.39 is 0 Å². The molecular formula is C17H19N3OS2. The van der Waals surface area contributed by atoms with Crippen LogP contribution in [0.3, 0.4) is 0 Å². The Kier molecular flexibility index (Phi) is 4.37. The van der Waals surface area contributed by atoms with Gasteiger partial charge in [-0.3, -0.25) is 4.79 Å². The zero-order chi connectivity index (χ0) is 15.6. The van der Waals surface area contributed by atoms with Crippen molar-refractivity contribution < 1.29 is 4.79 Å². The maximum absolute atomic E-state index is 12.1. The number of piperidine rings is 3. The van der Waals surface area contributed by atoms with Gasteiger partial charge >= 0.3 is 0 Å². The van der Waals surface area contributed by atoms with Gasteiger partial charge in [-0.05, 0) is 49.4 Å². The summed E-state index contributed by atoms with van der Waals surface area (Å²) in [7, 11) is 0. The van der Waals surface area contributed by atoms with E-state index in [2.05, 4.69) is 21.3 Å². The largest absolute Gasteiger partial charge is 0.348 e. The predicted molar refractivity (Wildman–Crippen MR) is 95.7 cm³/mol. The first-order valence-electron chi connectivity index (χ1n) is 7.99. The number of rotatable bonds is 4. The Bertz CT molecular complexity index is 701. The zero-order valence-corrected chi connectivity index (χ0v) is 14.4. The van der Waals surface area contributed by atoms with E-state index in [1.54, 1.807) is 17.4 Å². The Morgan fingerprint density at radius 3 is 2.91 bits per heavy atom. The Labute approximate surface area is 144 Å². The molecule has 1 aromatic heterocycles. The molecule has 0 aliphatic carbocycles. The van der Waals surface area contributed by atoms with Crippen LogP contribution in [-0.4, -0.2) is 41.5 Å². The minimum Gasteiger partial charge on any atom is -0.348 e. The molecule has 1 aromatic carbocycles. The van der Waals surface area contributed by atoms with E-state index in [9.17, 15) is 4.79 Å². The average Bonchev–Trinajstić information content (AvgIpc) is 2.98. The standard InChI is InChI=1S/C17H19N3OS2/c21-16(18-14-11-20-8-5-12(14)6-9-20)7-10-22-17-19-13-3-1-2-4-15(13)23-17/h1-4,7,10,12,14H,5-6,8-9,11H2,(H,18,21). The van der Waals surface area contributed by atoms with Gasteiger partial charge in [0.2, 0.25) is 5.91 Å². The minimum absolute atomic E-state index is 0.0114. The van der Waals surface area contributed by atoms with Crippen molar-refractivity contribution in [2.75, 3.05) is 19.6 Å². The summed E-state index contributed by atoms with van der Waals surface area (Å²) >= 11 is 3.16. The van der Waals surface area contributed by atoms with Crippen molar-refractivity contribution in [3.05, 3.63) is 35.7 Å². The number of nitrogens with one attached hydrogen (secondary N) is 1. The van der Waals surface area contributed by atoms with Crippen LogP contribution in [0.1, 0.15) is 12.8 Å². The number of aromatic nitrogens is 1. The first-order valence-corrected chi connectivity index (χ1v) is 9.69. The molecule has 0 radical (unpaired) electrons. The van der Waals surface area contributed by atoms with E-state index in [-0.39, 0.29) is 5.91 Å². The lowest BCUT2D eigenvalue weighted by atomic mass is 9.84. The summed E-state index contributed by atoms with van der Waals surface area (Å²) in [4.78, 5) is 19.1. The summed E-state index contributed by atoms with van der Waals surface area (Å²) in [5, 5.41) is 5.01. The molecule has 3 aliphatic rings. The Morgan fingerprint density at radius 2 is 2.17 bits per heavy atom. The number of nitrogens with zero attached hydrogens (tertiary/aromatic N) is 2. The summed E-state index contributed by atoms with van der Waals surface area (Å²) < 4.78 is 2.15. The smallest absolute Gasteiger partial charge is 0.244 e. The van der Waals surface area contributed by atoms with Crippen molar-refractivity contribution in [3.63, 3.8) is 0 Å². The second-order valence-electron chi connectivity index (χ2n) is 6.12. The number of hydrogen-bond donors (Lipinski definition) is 1. The maximum Gasteiger partial charge on any atom is 0.244 e. The number of amides is 1. The molecule has 3 fully saturated rings. The van der Waals surface area contributed by atoms with Gasteiger partial charge in [-0.2, -0.15) is 0 Å². The fourth-order valence-electron chi connectivity index (χ4n) is 3.41. The molecule has 1 atom stereocenters. The normalized spacial score (nSPS) is 26.9. The van der Waals surface area contributed by atoms with Gasteiger partial charge < -0.3 is 10.2 Å². The van der Waals surface area contributed by atoms with Gasteiger partial charge in [0.1, 0.15) is 0 Å². The van der Waals surface area contributed by atoms with Crippen LogP contribution < -0.4 is 5.32 Å². The van der Waals surface area contributed by atoms with Gasteiger partial charge in [-0.1, -0.05) is 23.9 Å². The lowest BCUT2D eigenvalue weighted by Gasteiger charge is -2.44.